The second kappa shape index (κ2) is 8.68. The lowest BCUT2D eigenvalue weighted by Gasteiger charge is -2.12. The molecule has 7 nitrogen and oxygen atoms in total. The third-order valence-corrected chi connectivity index (χ3v) is 4.71. The van der Waals surface area contributed by atoms with Crippen molar-refractivity contribution in [3.63, 3.8) is 0 Å². The first kappa shape index (κ1) is 19.7. The SMILES string of the molecule is COc1ccc(C)cc1NCC(=O)NCCc1ccc(S(N)(=O)=O)cc1. The number of carbonyl (C=O) groups excluding carboxylic acids is 1. The van der Waals surface area contributed by atoms with Crippen molar-refractivity contribution in [2.24, 2.45) is 5.14 Å². The highest BCUT2D eigenvalue weighted by atomic mass is 32.2. The highest BCUT2D eigenvalue weighted by molar-refractivity contribution is 7.89. The van der Waals surface area contributed by atoms with Gasteiger partial charge in [-0.2, -0.15) is 0 Å². The van der Waals surface area contributed by atoms with Crippen LogP contribution in [0.2, 0.25) is 0 Å². The normalized spacial score (nSPS) is 11.0. The molecule has 0 bridgehead atoms. The largest absolute Gasteiger partial charge is 0.495 e. The first-order valence-corrected chi connectivity index (χ1v) is 9.61. The molecule has 0 unspecified atom stereocenters. The fraction of sp³-hybridized carbons (Fsp3) is 0.278. The number of nitrogens with two attached hydrogens (primary N) is 1. The number of hydrogen-bond acceptors (Lipinski definition) is 5. The molecule has 0 fully saturated rings. The maximum Gasteiger partial charge on any atom is 0.239 e. The summed E-state index contributed by atoms with van der Waals surface area (Å²) in [6, 6.07) is 12.0. The van der Waals surface area contributed by atoms with Crippen molar-refractivity contribution >= 4 is 21.6 Å². The van der Waals surface area contributed by atoms with E-state index >= 15 is 0 Å². The van der Waals surface area contributed by atoms with Gasteiger partial charge in [-0.1, -0.05) is 18.2 Å². The molecule has 0 aliphatic rings. The highest BCUT2D eigenvalue weighted by Gasteiger charge is 2.08. The van der Waals surface area contributed by atoms with E-state index in [2.05, 4.69) is 10.6 Å². The van der Waals surface area contributed by atoms with Crippen molar-refractivity contribution in [3.8, 4) is 5.75 Å². The van der Waals surface area contributed by atoms with Crippen LogP contribution in [0.3, 0.4) is 0 Å². The summed E-state index contributed by atoms with van der Waals surface area (Å²) in [6.45, 7) is 2.54. The van der Waals surface area contributed by atoms with E-state index in [1.165, 1.54) is 12.1 Å². The Morgan fingerprint density at radius 1 is 1.15 bits per heavy atom. The molecule has 26 heavy (non-hydrogen) atoms. The summed E-state index contributed by atoms with van der Waals surface area (Å²) >= 11 is 0. The monoisotopic (exact) mass is 377 g/mol. The van der Waals surface area contributed by atoms with Crippen LogP contribution in [0.25, 0.3) is 0 Å². The van der Waals surface area contributed by atoms with E-state index in [1.807, 2.05) is 25.1 Å². The van der Waals surface area contributed by atoms with Crippen LogP contribution in [-0.2, 0) is 21.2 Å². The smallest absolute Gasteiger partial charge is 0.239 e. The quantitative estimate of drug-likeness (QED) is 0.644. The first-order valence-electron chi connectivity index (χ1n) is 8.06. The van der Waals surface area contributed by atoms with Gasteiger partial charge in [-0.15, -0.1) is 0 Å². The Hall–Kier alpha value is -2.58. The molecule has 2 aromatic carbocycles. The summed E-state index contributed by atoms with van der Waals surface area (Å²) in [6.07, 6.45) is 0.588. The summed E-state index contributed by atoms with van der Waals surface area (Å²) in [4.78, 5) is 12.0. The Labute approximate surface area is 153 Å². The molecule has 0 aliphatic carbocycles. The Morgan fingerprint density at radius 3 is 2.46 bits per heavy atom. The lowest BCUT2D eigenvalue weighted by molar-refractivity contribution is -0.119. The number of rotatable bonds is 8. The van der Waals surface area contributed by atoms with Gasteiger partial charge in [0.2, 0.25) is 15.9 Å². The van der Waals surface area contributed by atoms with Crippen molar-refractivity contribution in [1.82, 2.24) is 5.32 Å². The van der Waals surface area contributed by atoms with E-state index in [1.54, 1.807) is 19.2 Å². The average Bonchev–Trinajstić information content (AvgIpc) is 2.60. The van der Waals surface area contributed by atoms with E-state index in [0.29, 0.717) is 18.7 Å². The summed E-state index contributed by atoms with van der Waals surface area (Å²) in [5.41, 5.74) is 2.74. The van der Waals surface area contributed by atoms with Crippen molar-refractivity contribution in [3.05, 3.63) is 53.6 Å². The number of benzene rings is 2. The zero-order valence-corrected chi connectivity index (χ0v) is 15.6. The zero-order valence-electron chi connectivity index (χ0n) is 14.8. The van der Waals surface area contributed by atoms with E-state index in [-0.39, 0.29) is 17.3 Å². The number of methoxy groups -OCH3 is 1. The van der Waals surface area contributed by atoms with Crippen LogP contribution in [0.4, 0.5) is 5.69 Å². The van der Waals surface area contributed by atoms with Gasteiger partial charge in [-0.25, -0.2) is 13.6 Å². The number of aryl methyl sites for hydroxylation is 1. The van der Waals surface area contributed by atoms with Crippen molar-refractivity contribution in [2.45, 2.75) is 18.2 Å². The first-order chi connectivity index (χ1) is 12.3. The molecule has 0 spiro atoms. The summed E-state index contributed by atoms with van der Waals surface area (Å²) < 4.78 is 27.7. The lowest BCUT2D eigenvalue weighted by Crippen LogP contribution is -2.31. The molecule has 140 valence electrons. The van der Waals surface area contributed by atoms with Gasteiger partial charge in [0.1, 0.15) is 5.75 Å². The van der Waals surface area contributed by atoms with Gasteiger partial charge < -0.3 is 15.4 Å². The minimum Gasteiger partial charge on any atom is -0.495 e. The summed E-state index contributed by atoms with van der Waals surface area (Å²) in [7, 11) is -2.10. The van der Waals surface area contributed by atoms with E-state index in [9.17, 15) is 13.2 Å². The minimum atomic E-state index is -3.68. The van der Waals surface area contributed by atoms with Gasteiger partial charge in [0, 0.05) is 6.54 Å². The van der Waals surface area contributed by atoms with Gasteiger partial charge in [0.15, 0.2) is 0 Å². The molecule has 0 heterocycles. The molecule has 0 saturated carbocycles. The molecule has 1 amide bonds. The lowest BCUT2D eigenvalue weighted by atomic mass is 10.1. The number of anilines is 1. The summed E-state index contributed by atoms with van der Waals surface area (Å²) in [5, 5.41) is 10.9. The Morgan fingerprint density at radius 2 is 1.85 bits per heavy atom. The molecule has 2 rings (SSSR count). The van der Waals surface area contributed by atoms with Gasteiger partial charge in [0.25, 0.3) is 0 Å². The zero-order chi connectivity index (χ0) is 19.2. The Balaban J connectivity index is 1.80. The Bertz CT molecular complexity index is 865. The minimum absolute atomic E-state index is 0.0709. The number of primary sulfonamides is 1. The van der Waals surface area contributed by atoms with Crippen molar-refractivity contribution < 1.29 is 17.9 Å². The van der Waals surface area contributed by atoms with Crippen LogP contribution < -0.4 is 20.5 Å². The van der Waals surface area contributed by atoms with Gasteiger partial charge >= 0.3 is 0 Å². The van der Waals surface area contributed by atoms with Crippen molar-refractivity contribution in [2.75, 3.05) is 25.5 Å². The highest BCUT2D eigenvalue weighted by Crippen LogP contribution is 2.24. The van der Waals surface area contributed by atoms with Gasteiger partial charge in [0.05, 0.1) is 24.2 Å². The third kappa shape index (κ3) is 5.75. The number of carbonyl (C=O) groups is 1. The predicted molar refractivity (Wildman–Crippen MR) is 101 cm³/mol. The van der Waals surface area contributed by atoms with Gasteiger partial charge in [-0.3, -0.25) is 4.79 Å². The molecule has 0 radical (unpaired) electrons. The third-order valence-electron chi connectivity index (χ3n) is 3.78. The van der Waals surface area contributed by atoms with Crippen LogP contribution in [0.1, 0.15) is 11.1 Å². The topological polar surface area (TPSA) is 111 Å². The number of ether oxygens (including phenoxy) is 1. The Kier molecular flexibility index (Phi) is 6.59. The van der Waals surface area contributed by atoms with Crippen LogP contribution in [-0.4, -0.2) is 34.5 Å². The fourth-order valence-corrected chi connectivity index (χ4v) is 2.91. The summed E-state index contributed by atoms with van der Waals surface area (Å²) in [5.74, 6) is 0.535. The molecule has 2 aromatic rings. The molecule has 0 aliphatic heterocycles. The molecule has 8 heteroatoms. The van der Waals surface area contributed by atoms with Crippen LogP contribution in [0, 0.1) is 6.92 Å². The second-order valence-electron chi connectivity index (χ2n) is 5.85. The van der Waals surface area contributed by atoms with Gasteiger partial charge in [-0.05, 0) is 48.7 Å². The maximum atomic E-state index is 12.0. The van der Waals surface area contributed by atoms with Crippen molar-refractivity contribution in [1.29, 1.82) is 0 Å². The average molecular weight is 377 g/mol. The van der Waals surface area contributed by atoms with Crippen LogP contribution >= 0.6 is 0 Å². The maximum absolute atomic E-state index is 12.0. The number of amides is 1. The standard InChI is InChI=1S/C18H23N3O4S/c1-13-3-8-17(25-2)16(11-13)21-12-18(22)20-10-9-14-4-6-15(7-5-14)26(19,23)24/h3-8,11,21H,9-10,12H2,1-2H3,(H,20,22)(H2,19,23,24). The molecular formula is C18H23N3O4S. The number of sulfonamides is 1. The second-order valence-corrected chi connectivity index (χ2v) is 7.41. The number of nitrogens with one attached hydrogen (secondary N) is 2. The molecule has 0 aromatic heterocycles. The van der Waals surface area contributed by atoms with Crippen LogP contribution in [0.5, 0.6) is 5.75 Å². The predicted octanol–water partition coefficient (Wildman–Crippen LogP) is 1.42. The van der Waals surface area contributed by atoms with E-state index in [0.717, 1.165) is 16.8 Å². The van der Waals surface area contributed by atoms with E-state index < -0.39 is 10.0 Å². The fourth-order valence-electron chi connectivity index (χ4n) is 2.39. The van der Waals surface area contributed by atoms with Crippen LogP contribution in [0.15, 0.2) is 47.4 Å². The number of hydrogen-bond donors (Lipinski definition) is 3. The molecule has 4 N–H and O–H groups in total. The molecular weight excluding hydrogens is 354 g/mol. The van der Waals surface area contributed by atoms with E-state index in [4.69, 9.17) is 9.88 Å². The molecule has 0 atom stereocenters. The molecule has 0 saturated heterocycles.